The van der Waals surface area contributed by atoms with E-state index in [-0.39, 0.29) is 24.0 Å². The largest absolute Gasteiger partial charge is 0.496 e. The maximum absolute atomic E-state index is 5.94. The Hall–Kier alpha value is -2.04. The molecule has 0 saturated carbocycles. The Labute approximate surface area is 202 Å². The smallest absolute Gasteiger partial charge is 0.191 e. The molecule has 170 valence electrons. The number of hydrogen-bond donors (Lipinski definition) is 2. The standard InChI is InChI=1S/C23H32N4O3.HI/c1-24-23(26-18-20-7-3-4-9-22(20)28-2)25-17-19-6-5-8-21(16-19)30-15-12-27-10-13-29-14-11-27;/h3-9,16H,10-15,17-18H2,1-2H3,(H2,24,25,26);1H. The third kappa shape index (κ3) is 8.54. The van der Waals surface area contributed by atoms with Crippen molar-refractivity contribution in [2.24, 2.45) is 4.99 Å². The summed E-state index contributed by atoms with van der Waals surface area (Å²) in [6.07, 6.45) is 0. The van der Waals surface area contributed by atoms with Crippen molar-refractivity contribution >= 4 is 29.9 Å². The Balaban J connectivity index is 0.00000341. The number of rotatable bonds is 9. The summed E-state index contributed by atoms with van der Waals surface area (Å²) in [4.78, 5) is 6.67. The van der Waals surface area contributed by atoms with Crippen molar-refractivity contribution in [3.05, 3.63) is 59.7 Å². The molecule has 0 aromatic heterocycles. The Kier molecular flexibility index (Phi) is 11.5. The Morgan fingerprint density at radius 3 is 2.61 bits per heavy atom. The highest BCUT2D eigenvalue weighted by Gasteiger charge is 2.10. The quantitative estimate of drug-likeness (QED) is 0.290. The van der Waals surface area contributed by atoms with Crippen LogP contribution >= 0.6 is 24.0 Å². The van der Waals surface area contributed by atoms with Gasteiger partial charge in [0.15, 0.2) is 5.96 Å². The summed E-state index contributed by atoms with van der Waals surface area (Å²) in [6, 6.07) is 16.1. The topological polar surface area (TPSA) is 67.4 Å². The minimum Gasteiger partial charge on any atom is -0.496 e. The molecular weight excluding hydrogens is 507 g/mol. The van der Waals surface area contributed by atoms with Gasteiger partial charge in [-0.1, -0.05) is 30.3 Å². The van der Waals surface area contributed by atoms with Crippen LogP contribution in [0.15, 0.2) is 53.5 Å². The molecule has 1 aliphatic heterocycles. The third-order valence-electron chi connectivity index (χ3n) is 5.00. The summed E-state index contributed by atoms with van der Waals surface area (Å²) in [5.41, 5.74) is 2.22. The summed E-state index contributed by atoms with van der Waals surface area (Å²) in [5.74, 6) is 2.49. The number of para-hydroxylation sites is 1. The van der Waals surface area contributed by atoms with E-state index in [0.29, 0.717) is 19.7 Å². The average Bonchev–Trinajstić information content (AvgIpc) is 2.80. The average molecular weight is 540 g/mol. The lowest BCUT2D eigenvalue weighted by Crippen LogP contribution is -2.38. The van der Waals surface area contributed by atoms with Crippen LogP contribution in [0.3, 0.4) is 0 Å². The first kappa shape index (κ1) is 25.2. The second-order valence-corrected chi connectivity index (χ2v) is 7.04. The highest BCUT2D eigenvalue weighted by molar-refractivity contribution is 14.0. The van der Waals surface area contributed by atoms with Crippen LogP contribution < -0.4 is 20.1 Å². The molecule has 1 fully saturated rings. The van der Waals surface area contributed by atoms with Gasteiger partial charge in [0.2, 0.25) is 0 Å². The lowest BCUT2D eigenvalue weighted by molar-refractivity contribution is 0.0322. The van der Waals surface area contributed by atoms with E-state index in [1.54, 1.807) is 14.2 Å². The number of benzene rings is 2. The van der Waals surface area contributed by atoms with Gasteiger partial charge in [-0.15, -0.1) is 24.0 Å². The lowest BCUT2D eigenvalue weighted by atomic mass is 10.2. The normalized spacial score (nSPS) is 14.5. The maximum atomic E-state index is 5.94. The van der Waals surface area contributed by atoms with E-state index in [0.717, 1.165) is 61.4 Å². The van der Waals surface area contributed by atoms with Gasteiger partial charge in [0, 0.05) is 45.3 Å². The molecule has 2 N–H and O–H groups in total. The van der Waals surface area contributed by atoms with Gasteiger partial charge < -0.3 is 24.8 Å². The van der Waals surface area contributed by atoms with Crippen LogP contribution in [0.1, 0.15) is 11.1 Å². The van der Waals surface area contributed by atoms with E-state index in [4.69, 9.17) is 14.2 Å². The highest BCUT2D eigenvalue weighted by atomic mass is 127. The zero-order valence-corrected chi connectivity index (χ0v) is 20.6. The number of morpholine rings is 1. The second kappa shape index (κ2) is 14.1. The molecule has 7 nitrogen and oxygen atoms in total. The van der Waals surface area contributed by atoms with Gasteiger partial charge >= 0.3 is 0 Å². The molecule has 1 heterocycles. The number of guanidine groups is 1. The van der Waals surface area contributed by atoms with Crippen LogP contribution in [0.4, 0.5) is 0 Å². The molecule has 0 bridgehead atoms. The zero-order chi connectivity index (χ0) is 21.0. The van der Waals surface area contributed by atoms with E-state index in [1.807, 2.05) is 36.4 Å². The number of nitrogens with zero attached hydrogens (tertiary/aromatic N) is 2. The molecule has 0 amide bonds. The van der Waals surface area contributed by atoms with Crippen LogP contribution in [-0.2, 0) is 17.8 Å². The number of methoxy groups -OCH3 is 1. The predicted molar refractivity (Wildman–Crippen MR) is 135 cm³/mol. The van der Waals surface area contributed by atoms with Crippen molar-refractivity contribution in [3.63, 3.8) is 0 Å². The van der Waals surface area contributed by atoms with Crippen molar-refractivity contribution < 1.29 is 14.2 Å². The first-order chi connectivity index (χ1) is 14.8. The SMILES string of the molecule is CN=C(NCc1cccc(OCCN2CCOCC2)c1)NCc1ccccc1OC.I. The van der Waals surface area contributed by atoms with Gasteiger partial charge in [-0.3, -0.25) is 9.89 Å². The summed E-state index contributed by atoms with van der Waals surface area (Å²) in [5, 5.41) is 6.68. The van der Waals surface area contributed by atoms with Crippen LogP contribution in [0.5, 0.6) is 11.5 Å². The van der Waals surface area contributed by atoms with Crippen LogP contribution in [0, 0.1) is 0 Å². The van der Waals surface area contributed by atoms with Crippen molar-refractivity contribution in [1.29, 1.82) is 0 Å². The molecule has 31 heavy (non-hydrogen) atoms. The fourth-order valence-corrected chi connectivity index (χ4v) is 3.30. The van der Waals surface area contributed by atoms with Gasteiger partial charge in [-0.05, 0) is 23.8 Å². The van der Waals surface area contributed by atoms with Crippen LogP contribution in [-0.4, -0.2) is 64.5 Å². The van der Waals surface area contributed by atoms with Gasteiger partial charge in [0.1, 0.15) is 18.1 Å². The van der Waals surface area contributed by atoms with Crippen molar-refractivity contribution in [3.8, 4) is 11.5 Å². The summed E-state index contributed by atoms with van der Waals surface area (Å²) < 4.78 is 16.7. The van der Waals surface area contributed by atoms with E-state index in [1.165, 1.54) is 0 Å². The lowest BCUT2D eigenvalue weighted by Gasteiger charge is -2.26. The Morgan fingerprint density at radius 1 is 1.06 bits per heavy atom. The predicted octanol–water partition coefficient (Wildman–Crippen LogP) is 2.89. The van der Waals surface area contributed by atoms with Gasteiger partial charge in [-0.2, -0.15) is 0 Å². The van der Waals surface area contributed by atoms with Gasteiger partial charge in [-0.25, -0.2) is 0 Å². The minimum atomic E-state index is 0. The van der Waals surface area contributed by atoms with Crippen LogP contribution in [0.2, 0.25) is 0 Å². The molecule has 0 atom stereocenters. The number of hydrogen-bond acceptors (Lipinski definition) is 5. The van der Waals surface area contributed by atoms with Gasteiger partial charge in [0.05, 0.1) is 20.3 Å². The van der Waals surface area contributed by atoms with Crippen molar-refractivity contribution in [2.75, 3.05) is 53.6 Å². The molecule has 2 aromatic rings. The second-order valence-electron chi connectivity index (χ2n) is 7.04. The zero-order valence-electron chi connectivity index (χ0n) is 18.3. The fourth-order valence-electron chi connectivity index (χ4n) is 3.30. The molecule has 0 spiro atoms. The van der Waals surface area contributed by atoms with Crippen molar-refractivity contribution in [1.82, 2.24) is 15.5 Å². The molecule has 8 heteroatoms. The van der Waals surface area contributed by atoms with Crippen LogP contribution in [0.25, 0.3) is 0 Å². The minimum absolute atomic E-state index is 0. The summed E-state index contributed by atoms with van der Waals surface area (Å²) in [6.45, 7) is 6.48. The first-order valence-corrected chi connectivity index (χ1v) is 10.4. The molecule has 3 rings (SSSR count). The number of nitrogens with one attached hydrogen (secondary N) is 2. The summed E-state index contributed by atoms with van der Waals surface area (Å²) >= 11 is 0. The molecule has 0 radical (unpaired) electrons. The highest BCUT2D eigenvalue weighted by Crippen LogP contribution is 2.17. The number of halogens is 1. The molecule has 1 saturated heterocycles. The monoisotopic (exact) mass is 540 g/mol. The summed E-state index contributed by atoms with van der Waals surface area (Å²) in [7, 11) is 3.45. The molecule has 0 aliphatic carbocycles. The third-order valence-corrected chi connectivity index (χ3v) is 5.00. The molecule has 1 aliphatic rings. The fraction of sp³-hybridized carbons (Fsp3) is 0.435. The van der Waals surface area contributed by atoms with E-state index in [9.17, 15) is 0 Å². The van der Waals surface area contributed by atoms with E-state index < -0.39 is 0 Å². The Bertz CT molecular complexity index is 813. The number of ether oxygens (including phenoxy) is 3. The van der Waals surface area contributed by atoms with Crippen molar-refractivity contribution in [2.45, 2.75) is 13.1 Å². The van der Waals surface area contributed by atoms with E-state index in [2.05, 4.69) is 32.7 Å². The molecule has 2 aromatic carbocycles. The van der Waals surface area contributed by atoms with E-state index >= 15 is 0 Å². The number of aliphatic imine (C=N–C) groups is 1. The maximum Gasteiger partial charge on any atom is 0.191 e. The first-order valence-electron chi connectivity index (χ1n) is 10.4. The molecule has 0 unspecified atom stereocenters. The molecular formula is C23H33IN4O3. The Morgan fingerprint density at radius 2 is 1.84 bits per heavy atom. The van der Waals surface area contributed by atoms with Gasteiger partial charge in [0.25, 0.3) is 0 Å².